The maximum absolute atomic E-state index is 11.9. The summed E-state index contributed by atoms with van der Waals surface area (Å²) >= 11 is 0. The van der Waals surface area contributed by atoms with Crippen molar-refractivity contribution in [2.45, 2.75) is 58.1 Å². The van der Waals surface area contributed by atoms with Crippen LogP contribution in [0, 0.1) is 0 Å². The second-order valence-electron chi connectivity index (χ2n) is 4.93. The molecule has 0 N–H and O–H groups in total. The molecule has 2 unspecified atom stereocenters. The van der Waals surface area contributed by atoms with Crippen LogP contribution in [-0.2, 0) is 14.3 Å². The van der Waals surface area contributed by atoms with Crippen LogP contribution in [0.1, 0.15) is 46.0 Å². The largest absolute Gasteiger partial charge is 0.468 e. The summed E-state index contributed by atoms with van der Waals surface area (Å²) in [7, 11) is 1.48. The molecule has 2 atom stereocenters. The topological polar surface area (TPSA) is 38.8 Å². The van der Waals surface area contributed by atoms with Crippen molar-refractivity contribution in [2.75, 3.05) is 26.8 Å². The fourth-order valence-electron chi connectivity index (χ4n) is 2.44. The van der Waals surface area contributed by atoms with Crippen LogP contribution < -0.4 is 0 Å². The van der Waals surface area contributed by atoms with Gasteiger partial charge in [0.25, 0.3) is 0 Å². The summed E-state index contributed by atoms with van der Waals surface area (Å²) in [5.74, 6) is -0.0970. The van der Waals surface area contributed by atoms with Crippen molar-refractivity contribution in [3.8, 4) is 0 Å². The van der Waals surface area contributed by atoms with E-state index in [-0.39, 0.29) is 18.1 Å². The van der Waals surface area contributed by atoms with Crippen molar-refractivity contribution in [2.24, 2.45) is 0 Å². The van der Waals surface area contributed by atoms with Gasteiger partial charge in [0.05, 0.1) is 13.2 Å². The van der Waals surface area contributed by atoms with Gasteiger partial charge in [-0.25, -0.2) is 0 Å². The van der Waals surface area contributed by atoms with Crippen molar-refractivity contribution >= 4 is 5.97 Å². The van der Waals surface area contributed by atoms with Gasteiger partial charge in [0, 0.05) is 19.7 Å². The number of hydrogen-bond acceptors (Lipinski definition) is 4. The maximum Gasteiger partial charge on any atom is 0.323 e. The quantitative estimate of drug-likeness (QED) is 0.684. The van der Waals surface area contributed by atoms with Crippen LogP contribution in [0.25, 0.3) is 0 Å². The van der Waals surface area contributed by atoms with Crippen LogP contribution >= 0.6 is 0 Å². The Morgan fingerprint density at radius 2 is 2.28 bits per heavy atom. The highest BCUT2D eigenvalue weighted by atomic mass is 16.5. The first-order valence-corrected chi connectivity index (χ1v) is 7.16. The number of esters is 1. The van der Waals surface area contributed by atoms with E-state index in [1.54, 1.807) is 0 Å². The van der Waals surface area contributed by atoms with Crippen molar-refractivity contribution in [3.63, 3.8) is 0 Å². The van der Waals surface area contributed by atoms with E-state index in [1.165, 1.54) is 7.11 Å². The molecule has 0 radical (unpaired) electrons. The van der Waals surface area contributed by atoms with E-state index in [0.29, 0.717) is 0 Å². The van der Waals surface area contributed by atoms with Gasteiger partial charge >= 0.3 is 5.97 Å². The van der Waals surface area contributed by atoms with E-state index >= 15 is 0 Å². The molecule has 4 heteroatoms. The molecule has 0 amide bonds. The Bertz CT molecular complexity index is 245. The van der Waals surface area contributed by atoms with Gasteiger partial charge in [0.2, 0.25) is 0 Å². The molecule has 1 rings (SSSR count). The second-order valence-corrected chi connectivity index (χ2v) is 4.93. The molecule has 0 aromatic rings. The minimum absolute atomic E-state index is 0.0919. The summed E-state index contributed by atoms with van der Waals surface area (Å²) in [4.78, 5) is 14.2. The summed E-state index contributed by atoms with van der Waals surface area (Å²) in [6, 6.07) is -0.0919. The van der Waals surface area contributed by atoms with Crippen LogP contribution in [0.3, 0.4) is 0 Å². The maximum atomic E-state index is 11.9. The summed E-state index contributed by atoms with van der Waals surface area (Å²) < 4.78 is 10.7. The van der Waals surface area contributed by atoms with Crippen molar-refractivity contribution < 1.29 is 14.3 Å². The first-order chi connectivity index (χ1) is 8.72. The van der Waals surface area contributed by atoms with Gasteiger partial charge in [0.15, 0.2) is 0 Å². The Hall–Kier alpha value is -0.610. The lowest BCUT2D eigenvalue weighted by molar-refractivity contribution is -0.147. The molecule has 4 nitrogen and oxygen atoms in total. The monoisotopic (exact) mass is 257 g/mol. The van der Waals surface area contributed by atoms with E-state index in [4.69, 9.17) is 9.47 Å². The van der Waals surface area contributed by atoms with Crippen LogP contribution in [0.4, 0.5) is 0 Å². The Kier molecular flexibility index (Phi) is 7.28. The third-order valence-corrected chi connectivity index (χ3v) is 3.58. The molecule has 0 spiro atoms. The Morgan fingerprint density at radius 1 is 1.50 bits per heavy atom. The molecule has 1 heterocycles. The standard InChI is InChI=1S/C14H27NO3/c1-4-6-8-13(14(16)17-3)15-9-7-10-18-12(5-2)11-15/h12-13H,4-11H2,1-3H3. The molecule has 106 valence electrons. The van der Waals surface area contributed by atoms with Gasteiger partial charge in [-0.15, -0.1) is 0 Å². The predicted molar refractivity (Wildman–Crippen MR) is 71.6 cm³/mol. The first kappa shape index (κ1) is 15.4. The highest BCUT2D eigenvalue weighted by Gasteiger charge is 2.29. The minimum atomic E-state index is -0.0970. The average molecular weight is 257 g/mol. The Morgan fingerprint density at radius 3 is 2.89 bits per heavy atom. The molecule has 1 fully saturated rings. The highest BCUT2D eigenvalue weighted by molar-refractivity contribution is 5.75. The van der Waals surface area contributed by atoms with Crippen LogP contribution in [0.5, 0.6) is 0 Å². The van der Waals surface area contributed by atoms with Gasteiger partial charge in [-0.3, -0.25) is 9.69 Å². The number of methoxy groups -OCH3 is 1. The number of rotatable bonds is 6. The summed E-state index contributed by atoms with van der Waals surface area (Å²) in [5.41, 5.74) is 0. The molecule has 0 aliphatic carbocycles. The smallest absolute Gasteiger partial charge is 0.323 e. The molecule has 1 aliphatic heterocycles. The summed E-state index contributed by atoms with van der Waals surface area (Å²) in [5, 5.41) is 0. The molecular formula is C14H27NO3. The van der Waals surface area contributed by atoms with E-state index in [0.717, 1.165) is 51.8 Å². The van der Waals surface area contributed by atoms with Gasteiger partial charge in [-0.2, -0.15) is 0 Å². The fourth-order valence-corrected chi connectivity index (χ4v) is 2.44. The normalized spacial score (nSPS) is 23.4. The lowest BCUT2D eigenvalue weighted by Crippen LogP contribution is -2.45. The Balaban J connectivity index is 2.65. The lowest BCUT2D eigenvalue weighted by Gasteiger charge is -2.30. The van der Waals surface area contributed by atoms with Crippen LogP contribution in [0.2, 0.25) is 0 Å². The predicted octanol–water partition coefficient (Wildman–Crippen LogP) is 2.22. The van der Waals surface area contributed by atoms with E-state index < -0.39 is 0 Å². The number of unbranched alkanes of at least 4 members (excludes halogenated alkanes) is 1. The molecule has 0 bridgehead atoms. The highest BCUT2D eigenvalue weighted by Crippen LogP contribution is 2.16. The molecular weight excluding hydrogens is 230 g/mol. The summed E-state index contributed by atoms with van der Waals surface area (Å²) in [6.45, 7) is 6.86. The van der Waals surface area contributed by atoms with Crippen LogP contribution in [-0.4, -0.2) is 49.8 Å². The van der Waals surface area contributed by atoms with Crippen molar-refractivity contribution in [3.05, 3.63) is 0 Å². The van der Waals surface area contributed by atoms with E-state index in [1.807, 2.05) is 0 Å². The first-order valence-electron chi connectivity index (χ1n) is 7.16. The van der Waals surface area contributed by atoms with Gasteiger partial charge in [-0.1, -0.05) is 26.7 Å². The van der Waals surface area contributed by atoms with E-state index in [9.17, 15) is 4.79 Å². The molecule has 18 heavy (non-hydrogen) atoms. The third kappa shape index (κ3) is 4.58. The zero-order valence-corrected chi connectivity index (χ0v) is 12.0. The van der Waals surface area contributed by atoms with Crippen molar-refractivity contribution in [1.82, 2.24) is 4.90 Å². The average Bonchev–Trinajstić information content (AvgIpc) is 2.64. The zero-order valence-electron chi connectivity index (χ0n) is 12.0. The van der Waals surface area contributed by atoms with Crippen LogP contribution in [0.15, 0.2) is 0 Å². The number of carbonyl (C=O) groups is 1. The van der Waals surface area contributed by atoms with Gasteiger partial charge in [-0.05, 0) is 19.3 Å². The number of hydrogen-bond donors (Lipinski definition) is 0. The molecule has 0 aromatic carbocycles. The molecule has 1 aliphatic rings. The fraction of sp³-hybridized carbons (Fsp3) is 0.929. The van der Waals surface area contributed by atoms with E-state index in [2.05, 4.69) is 18.7 Å². The van der Waals surface area contributed by atoms with Crippen molar-refractivity contribution in [1.29, 1.82) is 0 Å². The third-order valence-electron chi connectivity index (χ3n) is 3.58. The summed E-state index contributed by atoms with van der Waals surface area (Å²) in [6.07, 6.45) is 5.30. The Labute approximate surface area is 111 Å². The molecule has 0 saturated carbocycles. The molecule has 1 saturated heterocycles. The van der Waals surface area contributed by atoms with Gasteiger partial charge < -0.3 is 9.47 Å². The number of carbonyl (C=O) groups excluding carboxylic acids is 1. The SMILES string of the molecule is CCCCC(C(=O)OC)N1CCCOC(CC)C1. The molecule has 0 aromatic heterocycles. The zero-order chi connectivity index (χ0) is 13.4. The lowest BCUT2D eigenvalue weighted by atomic mass is 10.1. The second kappa shape index (κ2) is 8.48. The number of nitrogens with zero attached hydrogens (tertiary/aromatic N) is 1. The van der Waals surface area contributed by atoms with Gasteiger partial charge in [0.1, 0.15) is 6.04 Å². The minimum Gasteiger partial charge on any atom is -0.468 e. The number of ether oxygens (including phenoxy) is 2.